The number of rotatable bonds is 5. The second kappa shape index (κ2) is 6.51. The molecule has 5 heteroatoms. The van der Waals surface area contributed by atoms with Gasteiger partial charge in [-0.1, -0.05) is 23.7 Å². The van der Waals surface area contributed by atoms with Gasteiger partial charge in [-0.3, -0.25) is 0 Å². The van der Waals surface area contributed by atoms with E-state index in [1.54, 1.807) is 4.68 Å². The molecule has 4 nitrogen and oxygen atoms in total. The van der Waals surface area contributed by atoms with Crippen molar-refractivity contribution in [3.63, 3.8) is 0 Å². The Kier molecular flexibility index (Phi) is 4.90. The monoisotopic (exact) mass is 316 g/mol. The lowest BCUT2D eigenvalue weighted by Crippen LogP contribution is -2.29. The van der Waals surface area contributed by atoms with Crippen molar-refractivity contribution in [2.45, 2.75) is 27.3 Å². The summed E-state index contributed by atoms with van der Waals surface area (Å²) in [7, 11) is 2.03. The highest BCUT2D eigenvalue weighted by Gasteiger charge is 2.19. The van der Waals surface area contributed by atoms with E-state index in [-0.39, 0.29) is 5.41 Å². The molecular formula is C17H21ClN4. The molecule has 0 amide bonds. The highest BCUT2D eigenvalue weighted by Crippen LogP contribution is 2.18. The van der Waals surface area contributed by atoms with Crippen LogP contribution in [-0.4, -0.2) is 28.3 Å². The fourth-order valence-electron chi connectivity index (χ4n) is 2.40. The molecule has 0 unspecified atom stereocenters. The molecule has 0 aliphatic rings. The van der Waals surface area contributed by atoms with Crippen LogP contribution >= 0.6 is 11.6 Å². The minimum Gasteiger partial charge on any atom is -0.301 e. The van der Waals surface area contributed by atoms with E-state index in [1.165, 1.54) is 5.56 Å². The maximum atomic E-state index is 9.10. The highest BCUT2D eigenvalue weighted by atomic mass is 35.5. The molecular weight excluding hydrogens is 296 g/mol. The second-order valence-electron chi connectivity index (χ2n) is 6.34. The average molecular weight is 317 g/mol. The summed E-state index contributed by atoms with van der Waals surface area (Å²) in [6.07, 6.45) is 1.81. The Morgan fingerprint density at radius 1 is 1.32 bits per heavy atom. The number of hydrogen-bond donors (Lipinski definition) is 0. The number of nitrogens with zero attached hydrogens (tertiary/aromatic N) is 4. The van der Waals surface area contributed by atoms with E-state index in [0.29, 0.717) is 5.02 Å². The van der Waals surface area contributed by atoms with Gasteiger partial charge in [0, 0.05) is 19.3 Å². The maximum absolute atomic E-state index is 9.10. The molecule has 0 bridgehead atoms. The van der Waals surface area contributed by atoms with Gasteiger partial charge >= 0.3 is 0 Å². The number of aromatic nitrogens is 2. The van der Waals surface area contributed by atoms with Crippen LogP contribution in [-0.2, 0) is 6.54 Å². The molecule has 0 saturated carbocycles. The van der Waals surface area contributed by atoms with Gasteiger partial charge in [-0.2, -0.15) is 10.4 Å². The van der Waals surface area contributed by atoms with E-state index in [2.05, 4.69) is 28.2 Å². The van der Waals surface area contributed by atoms with Crippen molar-refractivity contribution in [2.24, 2.45) is 5.41 Å². The number of hydrogen-bond acceptors (Lipinski definition) is 3. The molecule has 0 fully saturated rings. The van der Waals surface area contributed by atoms with Crippen LogP contribution in [0.5, 0.6) is 0 Å². The lowest BCUT2D eigenvalue weighted by Gasteiger charge is -2.24. The van der Waals surface area contributed by atoms with Crippen molar-refractivity contribution in [3.8, 4) is 11.8 Å². The van der Waals surface area contributed by atoms with Crippen LogP contribution in [0.4, 0.5) is 0 Å². The number of aryl methyl sites for hydroxylation is 1. The van der Waals surface area contributed by atoms with Crippen LogP contribution in [0.1, 0.15) is 25.1 Å². The summed E-state index contributed by atoms with van der Waals surface area (Å²) in [5.74, 6) is 0. The minimum absolute atomic E-state index is 0.335. The van der Waals surface area contributed by atoms with Crippen LogP contribution in [0.15, 0.2) is 30.5 Å². The highest BCUT2D eigenvalue weighted by molar-refractivity contribution is 6.31. The van der Waals surface area contributed by atoms with Gasteiger partial charge in [0.05, 0.1) is 27.9 Å². The summed E-state index contributed by atoms with van der Waals surface area (Å²) in [4.78, 5) is 2.16. The number of halogens is 1. The first-order valence-electron chi connectivity index (χ1n) is 7.21. The van der Waals surface area contributed by atoms with E-state index in [1.807, 2.05) is 46.1 Å². The van der Waals surface area contributed by atoms with Gasteiger partial charge in [-0.05, 0) is 45.5 Å². The van der Waals surface area contributed by atoms with Crippen LogP contribution in [0.2, 0.25) is 5.02 Å². The third-order valence-corrected chi connectivity index (χ3v) is 3.83. The fourth-order valence-corrected chi connectivity index (χ4v) is 2.53. The van der Waals surface area contributed by atoms with Gasteiger partial charge in [0.15, 0.2) is 0 Å². The normalized spacial score (nSPS) is 11.7. The summed E-state index contributed by atoms with van der Waals surface area (Å²) >= 11 is 6.04. The number of benzene rings is 1. The lowest BCUT2D eigenvalue weighted by molar-refractivity contribution is 0.249. The minimum atomic E-state index is -0.335. The Balaban J connectivity index is 2.05. The Bertz CT molecular complexity index is 660. The standard InChI is InChI=1S/C17H21ClN4/c1-13-16(18)10-22(20-13)15-7-5-14(6-8-15)9-21(4)12-17(2,3)11-19/h5-8,10H,9,12H2,1-4H3. The van der Waals surface area contributed by atoms with Crippen LogP contribution in [0.3, 0.4) is 0 Å². The number of nitriles is 1. The van der Waals surface area contributed by atoms with Crippen molar-refractivity contribution in [3.05, 3.63) is 46.7 Å². The first-order valence-corrected chi connectivity index (χ1v) is 7.59. The average Bonchev–Trinajstić information content (AvgIpc) is 2.79. The molecule has 1 aromatic carbocycles. The Morgan fingerprint density at radius 3 is 2.45 bits per heavy atom. The molecule has 1 heterocycles. The van der Waals surface area contributed by atoms with Crippen molar-refractivity contribution in [1.82, 2.24) is 14.7 Å². The molecule has 2 aromatic rings. The van der Waals surface area contributed by atoms with Gasteiger partial charge in [0.1, 0.15) is 0 Å². The van der Waals surface area contributed by atoms with Crippen LogP contribution in [0.25, 0.3) is 5.69 Å². The predicted molar refractivity (Wildman–Crippen MR) is 89.0 cm³/mol. The van der Waals surface area contributed by atoms with Gasteiger partial charge in [0.2, 0.25) is 0 Å². The van der Waals surface area contributed by atoms with Gasteiger partial charge < -0.3 is 4.90 Å². The molecule has 0 spiro atoms. The van der Waals surface area contributed by atoms with Crippen molar-refractivity contribution in [1.29, 1.82) is 5.26 Å². The van der Waals surface area contributed by atoms with E-state index >= 15 is 0 Å². The molecule has 0 atom stereocenters. The molecule has 0 N–H and O–H groups in total. The van der Waals surface area contributed by atoms with Gasteiger partial charge in [0.25, 0.3) is 0 Å². The Morgan fingerprint density at radius 2 is 1.95 bits per heavy atom. The molecule has 0 aliphatic heterocycles. The smallest absolute Gasteiger partial charge is 0.0819 e. The van der Waals surface area contributed by atoms with E-state index in [0.717, 1.165) is 24.5 Å². The molecule has 0 aliphatic carbocycles. The van der Waals surface area contributed by atoms with Gasteiger partial charge in [-0.15, -0.1) is 0 Å². The maximum Gasteiger partial charge on any atom is 0.0819 e. The van der Waals surface area contributed by atoms with Crippen molar-refractivity contribution < 1.29 is 0 Å². The lowest BCUT2D eigenvalue weighted by atomic mass is 9.95. The summed E-state index contributed by atoms with van der Waals surface area (Å²) in [6.45, 7) is 7.34. The zero-order valence-electron chi connectivity index (χ0n) is 13.5. The molecule has 2 rings (SSSR count). The summed E-state index contributed by atoms with van der Waals surface area (Å²) in [6, 6.07) is 10.5. The van der Waals surface area contributed by atoms with E-state index < -0.39 is 0 Å². The zero-order chi connectivity index (χ0) is 16.3. The van der Waals surface area contributed by atoms with E-state index in [4.69, 9.17) is 16.9 Å². The summed E-state index contributed by atoms with van der Waals surface area (Å²) in [5, 5.41) is 14.1. The largest absolute Gasteiger partial charge is 0.301 e. The third-order valence-electron chi connectivity index (χ3n) is 3.46. The molecule has 116 valence electrons. The SMILES string of the molecule is Cc1nn(-c2ccc(CN(C)CC(C)(C)C#N)cc2)cc1Cl. The first kappa shape index (κ1) is 16.5. The Labute approximate surface area is 136 Å². The van der Waals surface area contributed by atoms with Crippen LogP contribution < -0.4 is 0 Å². The molecule has 0 radical (unpaired) electrons. The van der Waals surface area contributed by atoms with Crippen LogP contribution in [0, 0.1) is 23.7 Å². The topological polar surface area (TPSA) is 44.9 Å². The molecule has 0 saturated heterocycles. The summed E-state index contributed by atoms with van der Waals surface area (Å²) in [5.41, 5.74) is 2.68. The Hall–Kier alpha value is -1.83. The quantitative estimate of drug-likeness (QED) is 0.842. The summed E-state index contributed by atoms with van der Waals surface area (Å²) < 4.78 is 1.78. The van der Waals surface area contributed by atoms with Crippen molar-refractivity contribution >= 4 is 11.6 Å². The van der Waals surface area contributed by atoms with E-state index in [9.17, 15) is 0 Å². The fraction of sp³-hybridized carbons (Fsp3) is 0.412. The molecule has 1 aromatic heterocycles. The second-order valence-corrected chi connectivity index (χ2v) is 6.75. The van der Waals surface area contributed by atoms with Crippen molar-refractivity contribution in [2.75, 3.05) is 13.6 Å². The predicted octanol–water partition coefficient (Wildman–Crippen LogP) is 3.82. The van der Waals surface area contributed by atoms with Gasteiger partial charge in [-0.25, -0.2) is 4.68 Å². The first-order chi connectivity index (χ1) is 10.3. The zero-order valence-corrected chi connectivity index (χ0v) is 14.2. The third kappa shape index (κ3) is 4.09. The molecule has 22 heavy (non-hydrogen) atoms.